The van der Waals surface area contributed by atoms with E-state index in [1.54, 1.807) is 12.1 Å². The van der Waals surface area contributed by atoms with Gasteiger partial charge >= 0.3 is 0 Å². The first-order valence-corrected chi connectivity index (χ1v) is 20.6. The Morgan fingerprint density at radius 3 is 2.45 bits per heavy atom. The van der Waals surface area contributed by atoms with E-state index in [4.69, 9.17) is 9.47 Å². The maximum absolute atomic E-state index is 13.3. The van der Waals surface area contributed by atoms with Crippen LogP contribution in [-0.2, 0) is 21.4 Å². The summed E-state index contributed by atoms with van der Waals surface area (Å²) < 4.78 is 14.5. The Morgan fingerprint density at radius 1 is 0.810 bits per heavy atom. The van der Waals surface area contributed by atoms with Crippen LogP contribution in [0.3, 0.4) is 0 Å². The molecule has 1 aliphatic carbocycles. The molecular weight excluding hydrogens is 735 g/mol. The van der Waals surface area contributed by atoms with Gasteiger partial charge < -0.3 is 18.9 Å². The molecule has 3 fully saturated rings. The topological polar surface area (TPSA) is 139 Å². The Hall–Kier alpha value is -5.66. The summed E-state index contributed by atoms with van der Waals surface area (Å²) >= 11 is 0. The minimum atomic E-state index is -0.960. The first kappa shape index (κ1) is 37.9. The Kier molecular flexibility index (Phi) is 10.4. The van der Waals surface area contributed by atoms with Crippen LogP contribution in [-0.4, -0.2) is 105 Å². The molecule has 2 atom stereocenters. The molecule has 5 aromatic rings. The molecule has 13 heteroatoms. The number of aromatic nitrogens is 3. The molecule has 6 heterocycles. The van der Waals surface area contributed by atoms with E-state index in [0.29, 0.717) is 23.0 Å². The van der Waals surface area contributed by atoms with Crippen LogP contribution in [0.5, 0.6) is 5.88 Å². The highest BCUT2D eigenvalue weighted by molar-refractivity contribution is 6.23. The van der Waals surface area contributed by atoms with Crippen molar-refractivity contribution in [2.75, 3.05) is 37.7 Å². The number of nitrogens with one attached hydrogen (secondary N) is 1. The summed E-state index contributed by atoms with van der Waals surface area (Å²) in [6.45, 7) is 6.62. The third-order valence-corrected chi connectivity index (χ3v) is 12.5. The van der Waals surface area contributed by atoms with Gasteiger partial charge in [-0.3, -0.25) is 39.3 Å². The van der Waals surface area contributed by atoms with Crippen molar-refractivity contribution in [3.05, 3.63) is 84.3 Å². The van der Waals surface area contributed by atoms with Crippen molar-refractivity contribution in [1.29, 1.82) is 0 Å². The highest BCUT2D eigenvalue weighted by Gasteiger charge is 2.45. The second-order valence-electron chi connectivity index (χ2n) is 16.2. The average molecular weight is 784 g/mol. The van der Waals surface area contributed by atoms with E-state index in [0.717, 1.165) is 98.4 Å². The largest absolute Gasteiger partial charge is 0.474 e. The van der Waals surface area contributed by atoms with Crippen LogP contribution in [0.1, 0.15) is 79.0 Å². The summed E-state index contributed by atoms with van der Waals surface area (Å²) in [5, 5.41) is 4.61. The lowest BCUT2D eigenvalue weighted by Gasteiger charge is -2.41. The van der Waals surface area contributed by atoms with Gasteiger partial charge in [-0.05, 0) is 74.7 Å². The number of hydrogen-bond acceptors (Lipinski definition) is 10. The quantitative estimate of drug-likeness (QED) is 0.114. The van der Waals surface area contributed by atoms with E-state index in [1.165, 1.54) is 16.4 Å². The van der Waals surface area contributed by atoms with Crippen molar-refractivity contribution in [3.8, 4) is 17.0 Å². The highest BCUT2D eigenvalue weighted by atomic mass is 16.5. The third kappa shape index (κ3) is 7.33. The monoisotopic (exact) mass is 783 g/mol. The zero-order chi connectivity index (χ0) is 39.9. The molecule has 4 aliphatic rings. The molecule has 13 nitrogen and oxygen atoms in total. The van der Waals surface area contributed by atoms with Gasteiger partial charge in [0.1, 0.15) is 12.1 Å². The number of anilines is 1. The normalized spacial score (nSPS) is 22.4. The number of nitrogens with zero attached hydrogens (tertiary/aromatic N) is 6. The molecular formula is C45H49N7O6. The van der Waals surface area contributed by atoms with E-state index >= 15 is 0 Å². The van der Waals surface area contributed by atoms with Crippen LogP contribution in [0, 0.1) is 0 Å². The van der Waals surface area contributed by atoms with E-state index in [2.05, 4.69) is 74.0 Å². The molecule has 1 N–H and O–H groups in total. The number of imide groups is 2. The smallest absolute Gasteiger partial charge is 0.262 e. The SMILES string of the molecule is CC1CN(c2ccc3c(c2)C(=O)N(C2CCC(=O)NC2=O)C3=O)CCN1CCCCCCO[C@H]1C[C@H](Oc2ccc(-c3ccc4c5cnccc5n(C)c4c3)cn2)C1. The van der Waals surface area contributed by atoms with Crippen LogP contribution in [0.4, 0.5) is 5.69 Å². The number of fused-ring (bicyclic) bond motifs is 4. The Morgan fingerprint density at radius 2 is 1.64 bits per heavy atom. The van der Waals surface area contributed by atoms with Gasteiger partial charge in [0.25, 0.3) is 11.8 Å². The van der Waals surface area contributed by atoms with Crippen molar-refractivity contribution in [3.63, 3.8) is 0 Å². The van der Waals surface area contributed by atoms with Gasteiger partial charge in [-0.2, -0.15) is 0 Å². The molecule has 1 saturated carbocycles. The molecule has 300 valence electrons. The maximum atomic E-state index is 13.3. The molecule has 0 spiro atoms. The maximum Gasteiger partial charge on any atom is 0.262 e. The fourth-order valence-electron chi connectivity index (χ4n) is 9.01. The third-order valence-electron chi connectivity index (χ3n) is 12.5. The predicted octanol–water partition coefficient (Wildman–Crippen LogP) is 5.89. The molecule has 2 unspecified atom stereocenters. The average Bonchev–Trinajstić information content (AvgIpc) is 3.64. The van der Waals surface area contributed by atoms with Crippen LogP contribution in [0.15, 0.2) is 73.2 Å². The van der Waals surface area contributed by atoms with Gasteiger partial charge in [0.05, 0.1) is 22.7 Å². The second-order valence-corrected chi connectivity index (χ2v) is 16.2. The zero-order valence-corrected chi connectivity index (χ0v) is 33.1. The van der Waals surface area contributed by atoms with Crippen LogP contribution >= 0.6 is 0 Å². The van der Waals surface area contributed by atoms with Crippen LogP contribution < -0.4 is 15.0 Å². The molecule has 0 bridgehead atoms. The summed E-state index contributed by atoms with van der Waals surface area (Å²) in [6.07, 6.45) is 12.5. The van der Waals surface area contributed by atoms with Crippen LogP contribution in [0.25, 0.3) is 32.9 Å². The lowest BCUT2D eigenvalue weighted by molar-refractivity contribution is -0.136. The number of carbonyl (C=O) groups is 4. The number of amides is 4. The standard InChI is InChI=1S/C45H49N7O6/c1-28-27-51(31-9-11-35-36(22-31)45(56)52(44(35)55)39-12-13-41(53)48-43(39)54)19-18-50(28)17-5-3-4-6-20-57-32-23-33(24-32)58-42-14-8-30(25-47-42)29-7-10-34-37-26-46-16-15-38(37)49(2)40(34)21-29/h7-11,14-16,21-22,25-26,28,32-33,39H,3-6,12-13,17-20,23-24,27H2,1-2H3,(H,48,53,54)/t28?,32-,33-,39?. The molecule has 4 amide bonds. The van der Waals surface area contributed by atoms with Crippen molar-refractivity contribution in [2.24, 2.45) is 7.05 Å². The summed E-state index contributed by atoms with van der Waals surface area (Å²) in [4.78, 5) is 65.2. The van der Waals surface area contributed by atoms with E-state index in [1.807, 2.05) is 30.7 Å². The molecule has 9 rings (SSSR count). The first-order valence-electron chi connectivity index (χ1n) is 20.6. The Bertz CT molecular complexity index is 2390. The van der Waals surface area contributed by atoms with Crippen molar-refractivity contribution in [1.82, 2.24) is 29.7 Å². The second kappa shape index (κ2) is 15.9. The number of pyridine rings is 2. The minimum absolute atomic E-state index is 0.102. The number of piperidine rings is 1. The summed E-state index contributed by atoms with van der Waals surface area (Å²) in [5.41, 5.74) is 6.04. The van der Waals surface area contributed by atoms with Gasteiger partial charge in [0.2, 0.25) is 17.7 Å². The molecule has 3 aliphatic heterocycles. The molecule has 58 heavy (non-hydrogen) atoms. The summed E-state index contributed by atoms with van der Waals surface area (Å²) in [7, 11) is 2.09. The number of carbonyl (C=O) groups excluding carboxylic acids is 4. The molecule has 3 aromatic heterocycles. The van der Waals surface area contributed by atoms with Crippen molar-refractivity contribution < 1.29 is 28.7 Å². The van der Waals surface area contributed by atoms with Gasteiger partial charge in [0, 0.05) is 111 Å². The fourth-order valence-corrected chi connectivity index (χ4v) is 9.01. The lowest BCUT2D eigenvalue weighted by atomic mass is 9.92. The molecule has 2 saturated heterocycles. The van der Waals surface area contributed by atoms with Crippen molar-refractivity contribution in [2.45, 2.75) is 82.6 Å². The van der Waals surface area contributed by atoms with Gasteiger partial charge in [-0.1, -0.05) is 25.0 Å². The number of rotatable bonds is 13. The molecule has 0 radical (unpaired) electrons. The van der Waals surface area contributed by atoms with Crippen LogP contribution in [0.2, 0.25) is 0 Å². The summed E-state index contributed by atoms with van der Waals surface area (Å²) in [5.74, 6) is -1.28. The Balaban J connectivity index is 0.655. The minimum Gasteiger partial charge on any atom is -0.474 e. The fraction of sp³-hybridized carbons (Fsp3) is 0.422. The first-order chi connectivity index (χ1) is 28.2. The zero-order valence-electron chi connectivity index (χ0n) is 33.1. The Labute approximate surface area is 337 Å². The number of piperazine rings is 1. The van der Waals surface area contributed by atoms with Gasteiger partial charge in [0.15, 0.2) is 0 Å². The number of ether oxygens (including phenoxy) is 2. The van der Waals surface area contributed by atoms with E-state index < -0.39 is 23.8 Å². The van der Waals surface area contributed by atoms with Gasteiger partial charge in [-0.25, -0.2) is 4.98 Å². The predicted molar refractivity (Wildman–Crippen MR) is 220 cm³/mol. The lowest BCUT2D eigenvalue weighted by Crippen LogP contribution is -2.54. The van der Waals surface area contributed by atoms with E-state index in [9.17, 15) is 19.2 Å². The van der Waals surface area contributed by atoms with E-state index in [-0.39, 0.29) is 31.0 Å². The van der Waals surface area contributed by atoms with Crippen molar-refractivity contribution >= 4 is 51.1 Å². The summed E-state index contributed by atoms with van der Waals surface area (Å²) in [6, 6.07) is 17.4. The number of benzene rings is 2. The number of unbranched alkanes of at least 4 members (excludes halogenated alkanes) is 3. The van der Waals surface area contributed by atoms with Gasteiger partial charge in [-0.15, -0.1) is 0 Å². The number of aryl methyl sites for hydroxylation is 1. The number of hydrogen-bond donors (Lipinski definition) is 1. The highest BCUT2D eigenvalue weighted by Crippen LogP contribution is 2.34. The molecule has 2 aromatic carbocycles.